The molecule has 0 saturated carbocycles. The number of ether oxygens (including phenoxy) is 2. The molecular formula is C21H34BNO6. The number of nitrogens with one attached hydrogen (secondary N) is 1. The third-order valence-electron chi connectivity index (χ3n) is 5.25. The molecule has 7 nitrogen and oxygen atoms in total. The maximum absolute atomic E-state index is 12.1. The second kappa shape index (κ2) is 8.64. The number of hydrogen-bond acceptors (Lipinski definition) is 6. The second-order valence-electron chi connectivity index (χ2n) is 9.41. The highest BCUT2D eigenvalue weighted by Gasteiger charge is 2.51. The van der Waals surface area contributed by atoms with Crippen LogP contribution in [0.4, 0.5) is 4.79 Å². The largest absolute Gasteiger partial charge is 0.494 e. The third-order valence-corrected chi connectivity index (χ3v) is 5.25. The maximum atomic E-state index is 12.1. The molecule has 0 radical (unpaired) electrons. The molecule has 1 aliphatic rings. The summed E-state index contributed by atoms with van der Waals surface area (Å²) >= 11 is 0. The molecule has 1 aliphatic heterocycles. The molecule has 2 N–H and O–H groups in total. The molecule has 1 saturated heterocycles. The van der Waals surface area contributed by atoms with Crippen molar-refractivity contribution in [2.24, 2.45) is 0 Å². The summed E-state index contributed by atoms with van der Waals surface area (Å²) < 4.78 is 22.4. The molecule has 2 unspecified atom stereocenters. The van der Waals surface area contributed by atoms with Crippen LogP contribution in [0.5, 0.6) is 0 Å². The standard InChI is InChI=1S/C21H34BNO6/c1-19(2,3)27-18(25)23-16(17(24)26-8)13-14-9-11-15(12-10-14)22-28-20(4,5)21(6,7)29-22/h9-12,16-17,24H,13H2,1-8H3,(H,23,25). The van der Waals surface area contributed by atoms with Crippen molar-refractivity contribution in [1.29, 1.82) is 0 Å². The van der Waals surface area contributed by atoms with Crippen molar-refractivity contribution >= 4 is 18.7 Å². The quantitative estimate of drug-likeness (QED) is 0.556. The van der Waals surface area contributed by atoms with E-state index in [1.54, 1.807) is 20.8 Å². The lowest BCUT2D eigenvalue weighted by atomic mass is 9.78. The van der Waals surface area contributed by atoms with Crippen LogP contribution < -0.4 is 10.8 Å². The second-order valence-corrected chi connectivity index (χ2v) is 9.41. The van der Waals surface area contributed by atoms with Crippen LogP contribution in [0.25, 0.3) is 0 Å². The van der Waals surface area contributed by atoms with E-state index >= 15 is 0 Å². The van der Waals surface area contributed by atoms with E-state index in [0.717, 1.165) is 11.0 Å². The summed E-state index contributed by atoms with van der Waals surface area (Å²) in [4.78, 5) is 12.1. The molecule has 0 bridgehead atoms. The molecule has 1 fully saturated rings. The molecule has 8 heteroatoms. The number of aliphatic hydroxyl groups excluding tert-OH is 1. The van der Waals surface area contributed by atoms with Gasteiger partial charge in [0.1, 0.15) is 5.60 Å². The Hall–Kier alpha value is -1.61. The number of carbonyl (C=O) groups is 1. The number of alkyl carbamates (subject to hydrolysis) is 1. The van der Waals surface area contributed by atoms with Gasteiger partial charge in [-0.1, -0.05) is 24.3 Å². The van der Waals surface area contributed by atoms with Gasteiger partial charge in [0.05, 0.1) is 17.2 Å². The van der Waals surface area contributed by atoms with Crippen LogP contribution in [0.15, 0.2) is 24.3 Å². The third kappa shape index (κ3) is 6.19. The van der Waals surface area contributed by atoms with Gasteiger partial charge in [0.25, 0.3) is 0 Å². The van der Waals surface area contributed by atoms with E-state index in [1.165, 1.54) is 7.11 Å². The lowest BCUT2D eigenvalue weighted by Crippen LogP contribution is -2.47. The molecule has 0 aromatic heterocycles. The number of aliphatic hydroxyl groups is 1. The van der Waals surface area contributed by atoms with Crippen LogP contribution in [0, 0.1) is 0 Å². The van der Waals surface area contributed by atoms with Crippen molar-refractivity contribution in [3.05, 3.63) is 29.8 Å². The highest BCUT2D eigenvalue weighted by atomic mass is 16.7. The first-order valence-electron chi connectivity index (χ1n) is 9.89. The first kappa shape index (κ1) is 23.7. The number of amides is 1. The monoisotopic (exact) mass is 407 g/mol. The van der Waals surface area contributed by atoms with Gasteiger partial charge in [0.15, 0.2) is 6.29 Å². The number of rotatable bonds is 6. The summed E-state index contributed by atoms with van der Waals surface area (Å²) in [5.74, 6) is 0. The molecule has 162 valence electrons. The SMILES string of the molecule is COC(O)C(Cc1ccc(B2OC(C)(C)C(C)(C)O2)cc1)NC(=O)OC(C)(C)C. The van der Waals surface area contributed by atoms with Gasteiger partial charge >= 0.3 is 13.2 Å². The van der Waals surface area contributed by atoms with Crippen LogP contribution in [0.1, 0.15) is 54.0 Å². The molecule has 1 amide bonds. The van der Waals surface area contributed by atoms with E-state index in [1.807, 2.05) is 52.0 Å². The average molecular weight is 407 g/mol. The molecule has 2 rings (SSSR count). The van der Waals surface area contributed by atoms with Crippen molar-refractivity contribution in [3.8, 4) is 0 Å². The Balaban J connectivity index is 2.06. The zero-order valence-corrected chi connectivity index (χ0v) is 18.7. The molecule has 0 spiro atoms. The van der Waals surface area contributed by atoms with Gasteiger partial charge in [-0.3, -0.25) is 0 Å². The molecule has 1 aromatic carbocycles. The zero-order valence-electron chi connectivity index (χ0n) is 18.7. The summed E-state index contributed by atoms with van der Waals surface area (Å²) in [5.41, 5.74) is 0.401. The fourth-order valence-electron chi connectivity index (χ4n) is 2.89. The fourth-order valence-corrected chi connectivity index (χ4v) is 2.89. The van der Waals surface area contributed by atoms with E-state index in [9.17, 15) is 9.90 Å². The molecule has 0 aliphatic carbocycles. The number of methoxy groups -OCH3 is 1. The predicted molar refractivity (Wildman–Crippen MR) is 112 cm³/mol. The smallest absolute Gasteiger partial charge is 0.444 e. The van der Waals surface area contributed by atoms with Crippen LogP contribution >= 0.6 is 0 Å². The van der Waals surface area contributed by atoms with E-state index in [-0.39, 0.29) is 0 Å². The summed E-state index contributed by atoms with van der Waals surface area (Å²) in [6, 6.07) is 7.05. The minimum absolute atomic E-state index is 0.373. The Bertz CT molecular complexity index is 682. The van der Waals surface area contributed by atoms with E-state index in [0.29, 0.717) is 6.42 Å². The van der Waals surface area contributed by atoms with Crippen LogP contribution in [-0.4, -0.2) is 54.6 Å². The Morgan fingerprint density at radius 2 is 1.66 bits per heavy atom. The Morgan fingerprint density at radius 3 is 2.10 bits per heavy atom. The van der Waals surface area contributed by atoms with Crippen molar-refractivity contribution in [1.82, 2.24) is 5.32 Å². The molecule has 2 atom stereocenters. The van der Waals surface area contributed by atoms with E-state index in [4.69, 9.17) is 18.8 Å². The Morgan fingerprint density at radius 1 is 1.14 bits per heavy atom. The minimum atomic E-state index is -1.16. The Labute approximate surface area is 174 Å². The lowest BCUT2D eigenvalue weighted by molar-refractivity contribution is -0.0968. The summed E-state index contributed by atoms with van der Waals surface area (Å²) in [6.07, 6.45) is -1.39. The topological polar surface area (TPSA) is 86.3 Å². The van der Waals surface area contributed by atoms with Crippen molar-refractivity contribution < 1.29 is 28.7 Å². The van der Waals surface area contributed by atoms with Crippen LogP contribution in [0.2, 0.25) is 0 Å². The zero-order chi connectivity index (χ0) is 22.0. The van der Waals surface area contributed by atoms with Gasteiger partial charge in [-0.2, -0.15) is 0 Å². The highest BCUT2D eigenvalue weighted by molar-refractivity contribution is 6.62. The first-order valence-corrected chi connectivity index (χ1v) is 9.89. The van der Waals surface area contributed by atoms with Crippen molar-refractivity contribution in [2.75, 3.05) is 7.11 Å². The van der Waals surface area contributed by atoms with Crippen LogP contribution in [0.3, 0.4) is 0 Å². The molecule has 29 heavy (non-hydrogen) atoms. The van der Waals surface area contributed by atoms with Gasteiger partial charge in [-0.25, -0.2) is 4.79 Å². The highest BCUT2D eigenvalue weighted by Crippen LogP contribution is 2.36. The van der Waals surface area contributed by atoms with Crippen molar-refractivity contribution in [2.45, 2.75) is 84.0 Å². The number of hydrogen-bond donors (Lipinski definition) is 2. The summed E-state index contributed by atoms with van der Waals surface area (Å²) in [5, 5.41) is 12.8. The molecule has 1 aromatic rings. The lowest BCUT2D eigenvalue weighted by Gasteiger charge is -2.32. The molecule has 1 heterocycles. The predicted octanol–water partition coefficient (Wildman–Crippen LogP) is 2.39. The van der Waals surface area contributed by atoms with E-state index < -0.39 is 42.3 Å². The normalized spacial score (nSPS) is 20.2. The molecular weight excluding hydrogens is 373 g/mol. The number of carbonyl (C=O) groups excluding carboxylic acids is 1. The maximum Gasteiger partial charge on any atom is 0.494 e. The van der Waals surface area contributed by atoms with Gasteiger partial charge in [-0.05, 0) is 65.9 Å². The van der Waals surface area contributed by atoms with Crippen LogP contribution in [-0.2, 0) is 25.2 Å². The summed E-state index contributed by atoms with van der Waals surface area (Å²) in [7, 11) is 0.949. The fraction of sp³-hybridized carbons (Fsp3) is 0.667. The first-order chi connectivity index (χ1) is 13.2. The van der Waals surface area contributed by atoms with Gasteiger partial charge < -0.3 is 29.2 Å². The van der Waals surface area contributed by atoms with Gasteiger partial charge in [0.2, 0.25) is 0 Å². The minimum Gasteiger partial charge on any atom is -0.444 e. The van der Waals surface area contributed by atoms with Crippen molar-refractivity contribution in [3.63, 3.8) is 0 Å². The van der Waals surface area contributed by atoms with Gasteiger partial charge in [0, 0.05) is 7.11 Å². The summed E-state index contributed by atoms with van der Waals surface area (Å²) in [6.45, 7) is 13.4. The Kier molecular flexibility index (Phi) is 7.05. The van der Waals surface area contributed by atoms with E-state index in [2.05, 4.69) is 5.32 Å². The average Bonchev–Trinajstić information content (AvgIpc) is 2.80. The number of benzene rings is 1. The van der Waals surface area contributed by atoms with Gasteiger partial charge in [-0.15, -0.1) is 0 Å².